The van der Waals surface area contributed by atoms with Gasteiger partial charge >= 0.3 is 0 Å². The van der Waals surface area contributed by atoms with Crippen LogP contribution in [-0.2, 0) is 0 Å². The maximum Gasteiger partial charge on any atom is 0.00106 e. The molecule has 0 aromatic heterocycles. The Balaban J connectivity index is 0.000000606. The van der Waals surface area contributed by atoms with Crippen molar-refractivity contribution < 1.29 is 0 Å². The highest BCUT2D eigenvalue weighted by atomic mass is 15.1. The van der Waals surface area contributed by atoms with E-state index in [9.17, 15) is 0 Å². The summed E-state index contributed by atoms with van der Waals surface area (Å²) in [6.07, 6.45) is 7.18. The van der Waals surface area contributed by atoms with Crippen LogP contribution in [-0.4, -0.2) is 49.6 Å². The van der Waals surface area contributed by atoms with Gasteiger partial charge in [-0.1, -0.05) is 20.3 Å². The Kier molecular flexibility index (Phi) is 7.06. The van der Waals surface area contributed by atoms with Crippen LogP contribution in [0.15, 0.2) is 0 Å². The molecule has 2 fully saturated rings. The molecule has 0 unspecified atom stereocenters. The Bertz CT molecular complexity index is 156. The van der Waals surface area contributed by atoms with Gasteiger partial charge < -0.3 is 9.80 Å². The van der Waals surface area contributed by atoms with Gasteiger partial charge in [0.25, 0.3) is 0 Å². The summed E-state index contributed by atoms with van der Waals surface area (Å²) in [5.41, 5.74) is 0. The number of hydrogen-bond donors (Lipinski definition) is 0. The zero-order chi connectivity index (χ0) is 11.8. The van der Waals surface area contributed by atoms with Crippen molar-refractivity contribution in [3.63, 3.8) is 0 Å². The van der Waals surface area contributed by atoms with Crippen LogP contribution < -0.4 is 0 Å². The van der Waals surface area contributed by atoms with Gasteiger partial charge in [-0.05, 0) is 64.8 Å². The second-order valence-corrected chi connectivity index (χ2v) is 5.11. The highest BCUT2D eigenvalue weighted by Gasteiger charge is 2.20. The van der Waals surface area contributed by atoms with Gasteiger partial charge in [-0.2, -0.15) is 0 Å². The third kappa shape index (κ3) is 4.84. The van der Waals surface area contributed by atoms with E-state index in [1.807, 2.05) is 13.8 Å². The van der Waals surface area contributed by atoms with Crippen molar-refractivity contribution in [3.05, 3.63) is 0 Å². The average molecular weight is 226 g/mol. The minimum Gasteiger partial charge on any atom is -0.306 e. The third-order valence-corrected chi connectivity index (χ3v) is 3.80. The topological polar surface area (TPSA) is 6.48 Å². The molecule has 0 atom stereocenters. The Hall–Kier alpha value is -0.0800. The van der Waals surface area contributed by atoms with Crippen molar-refractivity contribution in [2.24, 2.45) is 5.92 Å². The molecule has 2 aliphatic heterocycles. The summed E-state index contributed by atoms with van der Waals surface area (Å²) >= 11 is 0. The molecule has 0 N–H and O–H groups in total. The van der Waals surface area contributed by atoms with Crippen molar-refractivity contribution in [1.82, 2.24) is 9.80 Å². The van der Waals surface area contributed by atoms with E-state index in [-0.39, 0.29) is 0 Å². The number of hydrogen-bond acceptors (Lipinski definition) is 2. The molecular formula is C14H30N2. The van der Waals surface area contributed by atoms with Gasteiger partial charge in [-0.15, -0.1) is 0 Å². The Morgan fingerprint density at radius 1 is 0.875 bits per heavy atom. The summed E-state index contributed by atoms with van der Waals surface area (Å²) in [6, 6.07) is 0. The molecule has 2 rings (SSSR count). The van der Waals surface area contributed by atoms with Crippen molar-refractivity contribution in [1.29, 1.82) is 0 Å². The lowest BCUT2D eigenvalue weighted by molar-refractivity contribution is 0.145. The van der Waals surface area contributed by atoms with Gasteiger partial charge in [-0.3, -0.25) is 0 Å². The summed E-state index contributed by atoms with van der Waals surface area (Å²) in [5.74, 6) is 0.990. The fourth-order valence-corrected chi connectivity index (χ4v) is 2.75. The molecule has 0 spiro atoms. The van der Waals surface area contributed by atoms with Crippen LogP contribution >= 0.6 is 0 Å². The summed E-state index contributed by atoms with van der Waals surface area (Å²) in [4.78, 5) is 5.16. The van der Waals surface area contributed by atoms with E-state index in [0.717, 1.165) is 5.92 Å². The number of likely N-dealkylation sites (tertiary alicyclic amines) is 2. The first kappa shape index (κ1) is 14.0. The molecule has 0 aliphatic carbocycles. The number of nitrogens with zero attached hydrogens (tertiary/aromatic N) is 2. The largest absolute Gasteiger partial charge is 0.306 e. The van der Waals surface area contributed by atoms with E-state index in [4.69, 9.17) is 0 Å². The minimum atomic E-state index is 0.990. The monoisotopic (exact) mass is 226 g/mol. The first-order chi connectivity index (χ1) is 7.84. The first-order valence-electron chi connectivity index (χ1n) is 7.25. The van der Waals surface area contributed by atoms with E-state index in [2.05, 4.69) is 16.8 Å². The molecule has 2 nitrogen and oxygen atoms in total. The Morgan fingerprint density at radius 3 is 2.00 bits per heavy atom. The molecule has 0 bridgehead atoms. The molecule has 16 heavy (non-hydrogen) atoms. The van der Waals surface area contributed by atoms with Gasteiger partial charge in [0.15, 0.2) is 0 Å². The van der Waals surface area contributed by atoms with Gasteiger partial charge in [-0.25, -0.2) is 0 Å². The lowest BCUT2D eigenvalue weighted by atomic mass is 9.96. The van der Waals surface area contributed by atoms with E-state index >= 15 is 0 Å². The molecule has 0 aromatic carbocycles. The molecule has 0 aromatic rings. The predicted octanol–water partition coefficient (Wildman–Crippen LogP) is 2.84. The first-order valence-corrected chi connectivity index (χ1v) is 7.25. The zero-order valence-electron chi connectivity index (χ0n) is 11.5. The van der Waals surface area contributed by atoms with Crippen LogP contribution in [0.4, 0.5) is 0 Å². The Morgan fingerprint density at radius 2 is 1.44 bits per heavy atom. The van der Waals surface area contributed by atoms with Crippen LogP contribution in [0.3, 0.4) is 0 Å². The molecule has 96 valence electrons. The Labute approximate surface area is 102 Å². The lowest BCUT2D eigenvalue weighted by Gasteiger charge is -2.34. The van der Waals surface area contributed by atoms with Gasteiger partial charge in [0.2, 0.25) is 0 Å². The van der Waals surface area contributed by atoms with Crippen LogP contribution in [0.25, 0.3) is 0 Å². The van der Waals surface area contributed by atoms with Gasteiger partial charge in [0, 0.05) is 6.54 Å². The van der Waals surface area contributed by atoms with Crippen LogP contribution in [0, 0.1) is 5.92 Å². The summed E-state index contributed by atoms with van der Waals surface area (Å²) in [7, 11) is 2.25. The maximum atomic E-state index is 2.69. The molecule has 2 heterocycles. The molecule has 2 heteroatoms. The molecular weight excluding hydrogens is 196 g/mol. The normalized spacial score (nSPS) is 24.9. The van der Waals surface area contributed by atoms with Crippen molar-refractivity contribution in [3.8, 4) is 0 Å². The van der Waals surface area contributed by atoms with Gasteiger partial charge in [0.1, 0.15) is 0 Å². The quantitative estimate of drug-likeness (QED) is 0.714. The highest BCUT2D eigenvalue weighted by Crippen LogP contribution is 2.19. The number of rotatable bonds is 2. The SMILES string of the molecule is CC.CN1CCC(CN2CCCCC2)CC1. The molecule has 0 amide bonds. The van der Waals surface area contributed by atoms with Crippen LogP contribution in [0.1, 0.15) is 46.0 Å². The molecule has 2 aliphatic rings. The number of piperidine rings is 2. The third-order valence-electron chi connectivity index (χ3n) is 3.80. The maximum absolute atomic E-state index is 2.69. The lowest BCUT2D eigenvalue weighted by Crippen LogP contribution is -2.39. The summed E-state index contributed by atoms with van der Waals surface area (Å²) in [6.45, 7) is 10.8. The smallest absolute Gasteiger partial charge is 0.00106 e. The standard InChI is InChI=1S/C12H24N2.C2H6/c1-13-9-5-12(6-10-13)11-14-7-3-2-4-8-14;1-2/h12H,2-11H2,1H3;1-2H3. The predicted molar refractivity (Wildman–Crippen MR) is 71.9 cm³/mol. The summed E-state index contributed by atoms with van der Waals surface area (Å²) in [5, 5.41) is 0. The van der Waals surface area contributed by atoms with E-state index in [1.165, 1.54) is 64.8 Å². The zero-order valence-corrected chi connectivity index (χ0v) is 11.5. The van der Waals surface area contributed by atoms with E-state index < -0.39 is 0 Å². The molecule has 0 radical (unpaired) electrons. The minimum absolute atomic E-state index is 0.990. The second-order valence-electron chi connectivity index (χ2n) is 5.11. The fourth-order valence-electron chi connectivity index (χ4n) is 2.75. The molecule has 2 saturated heterocycles. The van der Waals surface area contributed by atoms with Crippen molar-refractivity contribution in [2.75, 3.05) is 39.8 Å². The van der Waals surface area contributed by atoms with Crippen LogP contribution in [0.2, 0.25) is 0 Å². The fraction of sp³-hybridized carbons (Fsp3) is 1.00. The average Bonchev–Trinajstić information content (AvgIpc) is 2.36. The highest BCUT2D eigenvalue weighted by molar-refractivity contribution is 4.75. The summed E-state index contributed by atoms with van der Waals surface area (Å²) < 4.78 is 0. The van der Waals surface area contributed by atoms with Crippen molar-refractivity contribution >= 4 is 0 Å². The van der Waals surface area contributed by atoms with Crippen molar-refractivity contribution in [2.45, 2.75) is 46.0 Å². The van der Waals surface area contributed by atoms with Gasteiger partial charge in [0.05, 0.1) is 0 Å². The van der Waals surface area contributed by atoms with Crippen LogP contribution in [0.5, 0.6) is 0 Å². The molecule has 0 saturated carbocycles. The van der Waals surface area contributed by atoms with E-state index in [0.29, 0.717) is 0 Å². The second kappa shape index (κ2) is 8.08. The van der Waals surface area contributed by atoms with E-state index in [1.54, 1.807) is 0 Å².